The molecular weight excluding hydrogens is 300 g/mol. The van der Waals surface area contributed by atoms with Gasteiger partial charge in [-0.2, -0.15) is 5.10 Å². The first-order chi connectivity index (χ1) is 11.2. The average molecular weight is 310 g/mol. The molecule has 0 saturated carbocycles. The molecule has 0 fully saturated rings. The normalized spacial score (nSPS) is 10.8. The predicted molar refractivity (Wildman–Crippen MR) is 81.8 cm³/mol. The van der Waals surface area contributed by atoms with Gasteiger partial charge in [-0.1, -0.05) is 5.10 Å². The number of hydrogen-bond donors (Lipinski definition) is 1. The highest BCUT2D eigenvalue weighted by Gasteiger charge is 2.07. The van der Waals surface area contributed by atoms with Crippen molar-refractivity contribution in [1.82, 2.24) is 15.2 Å². The molecule has 9 nitrogen and oxygen atoms in total. The van der Waals surface area contributed by atoms with E-state index in [1.54, 1.807) is 36.7 Å². The Morgan fingerprint density at radius 2 is 1.87 bits per heavy atom. The Morgan fingerprint density at radius 3 is 2.57 bits per heavy atom. The minimum atomic E-state index is -0.460. The highest BCUT2D eigenvalue weighted by Crippen LogP contribution is 2.18. The van der Waals surface area contributed by atoms with Gasteiger partial charge in [-0.05, 0) is 29.8 Å². The third-order valence-electron chi connectivity index (χ3n) is 2.83. The number of nitrogens with one attached hydrogen (secondary N) is 1. The SMILES string of the molecule is O=[N+]([O-])c1ccc(/C=N/Nc2nnc(-c3ccncc3)o2)cc1. The summed E-state index contributed by atoms with van der Waals surface area (Å²) in [5.41, 5.74) is 4.06. The number of pyridine rings is 1. The Kier molecular flexibility index (Phi) is 4.01. The van der Waals surface area contributed by atoms with Crippen molar-refractivity contribution in [3.63, 3.8) is 0 Å². The van der Waals surface area contributed by atoms with Gasteiger partial charge < -0.3 is 4.42 Å². The molecule has 0 unspecified atom stereocenters. The van der Waals surface area contributed by atoms with Crippen LogP contribution >= 0.6 is 0 Å². The van der Waals surface area contributed by atoms with Crippen molar-refractivity contribution in [2.75, 3.05) is 5.43 Å². The molecule has 0 bridgehead atoms. The van der Waals surface area contributed by atoms with E-state index >= 15 is 0 Å². The van der Waals surface area contributed by atoms with Crippen LogP contribution in [0.5, 0.6) is 0 Å². The van der Waals surface area contributed by atoms with Crippen molar-refractivity contribution in [2.45, 2.75) is 0 Å². The number of non-ortho nitro benzene ring substituents is 1. The van der Waals surface area contributed by atoms with Crippen LogP contribution in [-0.2, 0) is 0 Å². The summed E-state index contributed by atoms with van der Waals surface area (Å²) < 4.78 is 5.39. The lowest BCUT2D eigenvalue weighted by molar-refractivity contribution is -0.384. The zero-order chi connectivity index (χ0) is 16.1. The van der Waals surface area contributed by atoms with Crippen molar-refractivity contribution in [3.8, 4) is 11.5 Å². The Morgan fingerprint density at radius 1 is 1.13 bits per heavy atom. The number of nitrogens with zero attached hydrogens (tertiary/aromatic N) is 5. The summed E-state index contributed by atoms with van der Waals surface area (Å²) in [5.74, 6) is 0.348. The van der Waals surface area contributed by atoms with Gasteiger partial charge in [0.2, 0.25) is 5.89 Å². The van der Waals surface area contributed by atoms with E-state index in [-0.39, 0.29) is 11.7 Å². The molecule has 0 radical (unpaired) electrons. The summed E-state index contributed by atoms with van der Waals surface area (Å²) in [6.07, 6.45) is 4.73. The number of benzene rings is 1. The quantitative estimate of drug-likeness (QED) is 0.436. The standard InChI is InChI=1S/C14H10N6O3/c21-20(22)12-3-1-10(2-4-12)9-16-18-14-19-17-13(23-14)11-5-7-15-8-6-11/h1-9H,(H,18,19)/b16-9+. The maximum atomic E-state index is 10.6. The van der Waals surface area contributed by atoms with Crippen LogP contribution in [0.1, 0.15) is 5.56 Å². The van der Waals surface area contributed by atoms with Gasteiger partial charge in [-0.3, -0.25) is 15.1 Å². The number of anilines is 1. The second-order valence-corrected chi connectivity index (χ2v) is 4.37. The molecule has 2 aromatic heterocycles. The van der Waals surface area contributed by atoms with Gasteiger partial charge in [0.15, 0.2) is 0 Å². The molecule has 0 aliphatic rings. The van der Waals surface area contributed by atoms with Crippen molar-refractivity contribution < 1.29 is 9.34 Å². The van der Waals surface area contributed by atoms with Gasteiger partial charge in [0.05, 0.1) is 11.1 Å². The van der Waals surface area contributed by atoms with Gasteiger partial charge in [0, 0.05) is 30.1 Å². The topological polar surface area (TPSA) is 119 Å². The average Bonchev–Trinajstić information content (AvgIpc) is 3.05. The Balaban J connectivity index is 1.64. The first-order valence-corrected chi connectivity index (χ1v) is 6.50. The predicted octanol–water partition coefficient (Wildman–Crippen LogP) is 2.49. The van der Waals surface area contributed by atoms with E-state index in [1.165, 1.54) is 18.3 Å². The molecular formula is C14H10N6O3. The fourth-order valence-corrected chi connectivity index (χ4v) is 1.72. The second kappa shape index (κ2) is 6.43. The number of nitro benzene ring substituents is 1. The molecule has 23 heavy (non-hydrogen) atoms. The molecule has 1 N–H and O–H groups in total. The number of aromatic nitrogens is 3. The Labute approximate surface area is 129 Å². The molecule has 0 atom stereocenters. The smallest absolute Gasteiger partial charge is 0.336 e. The molecule has 0 aliphatic carbocycles. The summed E-state index contributed by atoms with van der Waals surface area (Å²) in [7, 11) is 0. The summed E-state index contributed by atoms with van der Waals surface area (Å²) >= 11 is 0. The van der Waals surface area contributed by atoms with Crippen LogP contribution in [0.15, 0.2) is 58.3 Å². The zero-order valence-electron chi connectivity index (χ0n) is 11.7. The van der Waals surface area contributed by atoms with E-state index in [4.69, 9.17) is 4.42 Å². The van der Waals surface area contributed by atoms with Crippen LogP contribution in [0, 0.1) is 10.1 Å². The van der Waals surface area contributed by atoms with Gasteiger partial charge in [-0.15, -0.1) is 5.10 Å². The van der Waals surface area contributed by atoms with E-state index in [0.29, 0.717) is 11.5 Å². The lowest BCUT2D eigenvalue weighted by Crippen LogP contribution is -1.92. The minimum absolute atomic E-state index is 0.0222. The summed E-state index contributed by atoms with van der Waals surface area (Å²) in [6, 6.07) is 9.59. The van der Waals surface area contributed by atoms with Crippen molar-refractivity contribution in [3.05, 3.63) is 64.5 Å². The summed E-state index contributed by atoms with van der Waals surface area (Å²) in [5, 5.41) is 22.2. The highest BCUT2D eigenvalue weighted by molar-refractivity contribution is 5.80. The van der Waals surface area contributed by atoms with Crippen molar-refractivity contribution >= 4 is 17.9 Å². The maximum absolute atomic E-state index is 10.6. The Hall–Kier alpha value is -3.62. The first kappa shape index (κ1) is 14.3. The third-order valence-corrected chi connectivity index (χ3v) is 2.83. The van der Waals surface area contributed by atoms with E-state index in [1.807, 2.05) is 0 Å². The fourth-order valence-electron chi connectivity index (χ4n) is 1.72. The molecule has 0 amide bonds. The van der Waals surface area contributed by atoms with Crippen molar-refractivity contribution in [2.24, 2.45) is 5.10 Å². The van der Waals surface area contributed by atoms with Gasteiger partial charge in [-0.25, -0.2) is 5.43 Å². The zero-order valence-corrected chi connectivity index (χ0v) is 11.7. The van der Waals surface area contributed by atoms with E-state index < -0.39 is 4.92 Å². The number of nitro groups is 1. The maximum Gasteiger partial charge on any atom is 0.336 e. The van der Waals surface area contributed by atoms with Crippen LogP contribution in [0.3, 0.4) is 0 Å². The number of hydrazone groups is 1. The van der Waals surface area contributed by atoms with Crippen LogP contribution in [0.25, 0.3) is 11.5 Å². The van der Waals surface area contributed by atoms with Gasteiger partial charge in [0.1, 0.15) is 0 Å². The van der Waals surface area contributed by atoms with E-state index in [2.05, 4.69) is 25.7 Å². The van der Waals surface area contributed by atoms with Crippen LogP contribution in [0.2, 0.25) is 0 Å². The molecule has 1 aromatic carbocycles. The molecule has 114 valence electrons. The monoisotopic (exact) mass is 310 g/mol. The lowest BCUT2D eigenvalue weighted by atomic mass is 10.2. The molecule has 0 aliphatic heterocycles. The third kappa shape index (κ3) is 3.53. The summed E-state index contributed by atoms with van der Waals surface area (Å²) in [4.78, 5) is 14.0. The number of rotatable bonds is 5. The first-order valence-electron chi connectivity index (χ1n) is 6.50. The van der Waals surface area contributed by atoms with E-state index in [0.717, 1.165) is 5.56 Å². The van der Waals surface area contributed by atoms with Crippen LogP contribution < -0.4 is 5.43 Å². The van der Waals surface area contributed by atoms with Gasteiger partial charge >= 0.3 is 6.01 Å². The van der Waals surface area contributed by atoms with Crippen LogP contribution in [0.4, 0.5) is 11.7 Å². The Bertz CT molecular complexity index is 829. The highest BCUT2D eigenvalue weighted by atomic mass is 16.6. The van der Waals surface area contributed by atoms with Crippen LogP contribution in [-0.4, -0.2) is 26.3 Å². The molecule has 9 heteroatoms. The summed E-state index contributed by atoms with van der Waals surface area (Å²) in [6.45, 7) is 0. The molecule has 0 saturated heterocycles. The molecule has 3 rings (SSSR count). The minimum Gasteiger partial charge on any atom is -0.402 e. The molecule has 0 spiro atoms. The fraction of sp³-hybridized carbons (Fsp3) is 0. The van der Waals surface area contributed by atoms with E-state index in [9.17, 15) is 10.1 Å². The molecule has 3 aromatic rings. The number of hydrogen-bond acceptors (Lipinski definition) is 8. The van der Waals surface area contributed by atoms with Gasteiger partial charge in [0.25, 0.3) is 5.69 Å². The largest absolute Gasteiger partial charge is 0.402 e. The second-order valence-electron chi connectivity index (χ2n) is 4.37. The lowest BCUT2D eigenvalue weighted by Gasteiger charge is -1.94. The van der Waals surface area contributed by atoms with Crippen molar-refractivity contribution in [1.29, 1.82) is 0 Å². The molecule has 2 heterocycles.